The minimum atomic E-state index is 0.197. The van der Waals surface area contributed by atoms with Crippen LogP contribution in [-0.4, -0.2) is 12.5 Å². The SMILES string of the molecule is N[N-][NH+](N)CN=C(N)c1ccc(-c2ccccc2)cc1. The van der Waals surface area contributed by atoms with Crippen LogP contribution in [0.5, 0.6) is 0 Å². The number of amidine groups is 1. The lowest BCUT2D eigenvalue weighted by atomic mass is 10.0. The number of benzene rings is 2. The second-order valence-corrected chi connectivity index (χ2v) is 4.27. The highest BCUT2D eigenvalue weighted by Crippen LogP contribution is 2.18. The largest absolute Gasteiger partial charge is 0.389 e. The third kappa shape index (κ3) is 3.62. The van der Waals surface area contributed by atoms with Gasteiger partial charge in [0.1, 0.15) is 5.84 Å². The molecule has 1 atom stereocenters. The third-order valence-electron chi connectivity index (χ3n) is 2.87. The van der Waals surface area contributed by atoms with Crippen molar-refractivity contribution in [2.24, 2.45) is 22.4 Å². The minimum absolute atomic E-state index is 0.197. The Balaban J connectivity index is 2.12. The second-order valence-electron chi connectivity index (χ2n) is 4.27. The summed E-state index contributed by atoms with van der Waals surface area (Å²) in [6.45, 7) is 0.197. The third-order valence-corrected chi connectivity index (χ3v) is 2.87. The zero-order chi connectivity index (χ0) is 14.4. The van der Waals surface area contributed by atoms with Crippen molar-refractivity contribution in [1.29, 1.82) is 0 Å². The molecule has 20 heavy (non-hydrogen) atoms. The van der Waals surface area contributed by atoms with E-state index in [1.807, 2.05) is 42.5 Å². The smallest absolute Gasteiger partial charge is 0.182 e. The fourth-order valence-electron chi connectivity index (χ4n) is 1.76. The van der Waals surface area contributed by atoms with E-state index in [-0.39, 0.29) is 11.8 Å². The van der Waals surface area contributed by atoms with Gasteiger partial charge in [0, 0.05) is 5.56 Å². The summed E-state index contributed by atoms with van der Waals surface area (Å²) < 4.78 is 0. The van der Waals surface area contributed by atoms with E-state index < -0.39 is 0 Å². The lowest BCUT2D eigenvalue weighted by Gasteiger charge is -2.18. The summed E-state index contributed by atoms with van der Waals surface area (Å²) in [6, 6.07) is 18.0. The van der Waals surface area contributed by atoms with Crippen LogP contribution in [0.3, 0.4) is 0 Å². The molecule has 0 aromatic heterocycles. The summed E-state index contributed by atoms with van der Waals surface area (Å²) in [5.74, 6) is 10.9. The van der Waals surface area contributed by atoms with Crippen LogP contribution >= 0.6 is 0 Å². The van der Waals surface area contributed by atoms with Crippen molar-refractivity contribution in [3.63, 3.8) is 0 Å². The Morgan fingerprint density at radius 1 is 1.00 bits per heavy atom. The van der Waals surface area contributed by atoms with E-state index in [2.05, 4.69) is 22.7 Å². The molecule has 104 valence electrons. The van der Waals surface area contributed by atoms with Gasteiger partial charge in [-0.15, -0.1) is 0 Å². The number of nitrogens with two attached hydrogens (primary N) is 3. The average molecular weight is 270 g/mol. The number of quaternary nitrogens is 1. The van der Waals surface area contributed by atoms with E-state index in [1.54, 1.807) is 0 Å². The molecule has 1 unspecified atom stereocenters. The van der Waals surface area contributed by atoms with Crippen molar-refractivity contribution >= 4 is 5.84 Å². The Kier molecular flexibility index (Phi) is 4.80. The maximum Gasteiger partial charge on any atom is 0.182 e. The fourth-order valence-corrected chi connectivity index (χ4v) is 1.76. The van der Waals surface area contributed by atoms with Gasteiger partial charge in [-0.05, 0) is 11.1 Å². The van der Waals surface area contributed by atoms with Gasteiger partial charge in [0.25, 0.3) is 0 Å². The summed E-state index contributed by atoms with van der Waals surface area (Å²) in [7, 11) is 0. The molecule has 0 radical (unpaired) electrons. The Morgan fingerprint density at radius 2 is 1.60 bits per heavy atom. The van der Waals surface area contributed by atoms with Gasteiger partial charge in [-0.25, -0.2) is 4.99 Å². The molecular formula is C14H18N6. The van der Waals surface area contributed by atoms with Crippen LogP contribution in [0.1, 0.15) is 5.56 Å². The summed E-state index contributed by atoms with van der Waals surface area (Å²) in [6.07, 6.45) is 0. The number of nitrogens with zero attached hydrogens (tertiary/aromatic N) is 2. The molecular weight excluding hydrogens is 252 g/mol. The van der Waals surface area contributed by atoms with Gasteiger partial charge in [0.15, 0.2) is 6.67 Å². The molecule has 2 aromatic rings. The van der Waals surface area contributed by atoms with E-state index >= 15 is 0 Å². The number of hydrogen-bond acceptors (Lipinski definition) is 3. The maximum atomic E-state index is 5.89. The first-order chi connectivity index (χ1) is 9.70. The van der Waals surface area contributed by atoms with Gasteiger partial charge in [-0.3, -0.25) is 5.12 Å². The Bertz CT molecular complexity index is 564. The van der Waals surface area contributed by atoms with Gasteiger partial charge in [0.05, 0.1) is 0 Å². The number of rotatable bonds is 5. The molecule has 0 aliphatic rings. The van der Waals surface area contributed by atoms with Crippen LogP contribution in [0.2, 0.25) is 0 Å². The first kappa shape index (κ1) is 14.2. The zero-order valence-electron chi connectivity index (χ0n) is 11.0. The quantitative estimate of drug-likeness (QED) is 0.264. The topological polar surface area (TPSA) is 109 Å². The van der Waals surface area contributed by atoms with Gasteiger partial charge < -0.3 is 17.1 Å². The standard InChI is InChI=1S/C14H18N6/c15-14(18-10-20(17)19-16)13-8-6-12(7-9-13)11-4-2-1-3-5-11/h1-9,20H,10,16-17H2,(H2,15,18). The lowest BCUT2D eigenvalue weighted by molar-refractivity contribution is -0.875. The van der Waals surface area contributed by atoms with Crippen molar-refractivity contribution in [1.82, 2.24) is 0 Å². The minimum Gasteiger partial charge on any atom is -0.389 e. The zero-order valence-corrected chi connectivity index (χ0v) is 11.0. The van der Waals surface area contributed by atoms with E-state index in [9.17, 15) is 0 Å². The van der Waals surface area contributed by atoms with Crippen LogP contribution in [0.15, 0.2) is 59.6 Å². The fraction of sp³-hybridized carbons (Fsp3) is 0.0714. The molecule has 2 rings (SSSR count). The van der Waals surface area contributed by atoms with Crippen LogP contribution in [0.4, 0.5) is 0 Å². The highest BCUT2D eigenvalue weighted by atomic mass is 15.8. The Hall–Kier alpha value is -2.25. The molecule has 0 aliphatic carbocycles. The molecule has 0 spiro atoms. The van der Waals surface area contributed by atoms with Crippen LogP contribution in [0.25, 0.3) is 16.7 Å². The highest BCUT2D eigenvalue weighted by molar-refractivity contribution is 5.97. The van der Waals surface area contributed by atoms with Crippen LogP contribution in [0, 0.1) is 0 Å². The molecule has 0 amide bonds. The van der Waals surface area contributed by atoms with Gasteiger partial charge in [0.2, 0.25) is 0 Å². The average Bonchev–Trinajstić information content (AvgIpc) is 2.53. The number of nitrogens with one attached hydrogen (secondary N) is 1. The predicted molar refractivity (Wildman–Crippen MR) is 80.2 cm³/mol. The summed E-state index contributed by atoms with van der Waals surface area (Å²) >= 11 is 0. The molecule has 0 aliphatic heterocycles. The molecule has 0 bridgehead atoms. The molecule has 0 fully saturated rings. The summed E-state index contributed by atoms with van der Waals surface area (Å²) in [5, 5.41) is 0.244. The van der Waals surface area contributed by atoms with E-state index in [0.717, 1.165) is 16.7 Å². The monoisotopic (exact) mass is 270 g/mol. The summed E-state index contributed by atoms with van der Waals surface area (Å²) in [5.41, 5.74) is 12.4. The van der Waals surface area contributed by atoms with Crippen molar-refractivity contribution < 1.29 is 5.12 Å². The Labute approximate surface area is 117 Å². The molecule has 0 saturated heterocycles. The number of hydrogen-bond donors (Lipinski definition) is 4. The molecule has 0 heterocycles. The maximum absolute atomic E-state index is 5.89. The van der Waals surface area contributed by atoms with Crippen molar-refractivity contribution in [3.8, 4) is 11.1 Å². The van der Waals surface area contributed by atoms with Crippen molar-refractivity contribution in [2.45, 2.75) is 0 Å². The van der Waals surface area contributed by atoms with E-state index in [1.165, 1.54) is 0 Å². The molecule has 0 saturated carbocycles. The first-order valence-electron chi connectivity index (χ1n) is 6.18. The first-order valence-corrected chi connectivity index (χ1v) is 6.18. The lowest BCUT2D eigenvalue weighted by Crippen LogP contribution is -3.14. The van der Waals surface area contributed by atoms with E-state index in [4.69, 9.17) is 17.4 Å². The van der Waals surface area contributed by atoms with Crippen LogP contribution in [-0.2, 0) is 0 Å². The highest BCUT2D eigenvalue weighted by Gasteiger charge is 2.01. The molecule has 6 heteroatoms. The Morgan fingerprint density at radius 3 is 2.20 bits per heavy atom. The van der Waals surface area contributed by atoms with E-state index in [0.29, 0.717) is 5.84 Å². The predicted octanol–water partition coefficient (Wildman–Crippen LogP) is -0.0626. The normalized spacial score (nSPS) is 13.2. The molecule has 2 aromatic carbocycles. The van der Waals surface area contributed by atoms with Gasteiger partial charge >= 0.3 is 0 Å². The van der Waals surface area contributed by atoms with Gasteiger partial charge in [-0.1, -0.05) is 54.6 Å². The van der Waals surface area contributed by atoms with Crippen LogP contribution < -0.4 is 22.5 Å². The molecule has 6 nitrogen and oxygen atoms in total. The van der Waals surface area contributed by atoms with Gasteiger partial charge in [-0.2, -0.15) is 5.84 Å². The number of aliphatic imine (C=N–C) groups is 1. The van der Waals surface area contributed by atoms with Crippen molar-refractivity contribution in [3.05, 3.63) is 65.7 Å². The summed E-state index contributed by atoms with van der Waals surface area (Å²) in [4.78, 5) is 4.13. The second kappa shape index (κ2) is 6.78. The van der Waals surface area contributed by atoms with Crippen molar-refractivity contribution in [2.75, 3.05) is 6.67 Å². The molecule has 7 N–H and O–H groups in total.